The van der Waals surface area contributed by atoms with Crippen molar-refractivity contribution < 1.29 is 39.9 Å². The maximum absolute atomic E-state index is 13.7. The van der Waals surface area contributed by atoms with Crippen molar-refractivity contribution in [2.75, 3.05) is 25.0 Å². The quantitative estimate of drug-likeness (QED) is 0.242. The predicted molar refractivity (Wildman–Crippen MR) is 138 cm³/mol. The van der Waals surface area contributed by atoms with Crippen LogP contribution in [0.4, 0.5) is 36.4 Å². The minimum absolute atomic E-state index is 0.0220. The highest BCUT2D eigenvalue weighted by Crippen LogP contribution is 2.38. The van der Waals surface area contributed by atoms with Crippen LogP contribution >= 0.6 is 0 Å². The van der Waals surface area contributed by atoms with E-state index in [1.165, 1.54) is 12.1 Å². The molecule has 2 aromatic carbocycles. The molecule has 1 aliphatic rings. The first-order valence-electron chi connectivity index (χ1n) is 13.0. The van der Waals surface area contributed by atoms with Gasteiger partial charge in [0, 0.05) is 18.2 Å². The Kier molecular flexibility index (Phi) is 8.18. The van der Waals surface area contributed by atoms with Gasteiger partial charge in [0.05, 0.1) is 23.2 Å². The van der Waals surface area contributed by atoms with Crippen molar-refractivity contribution in [1.29, 1.82) is 0 Å². The summed E-state index contributed by atoms with van der Waals surface area (Å²) >= 11 is 0. The minimum atomic E-state index is -5.16. The largest absolute Gasteiger partial charge is 0.417 e. The maximum atomic E-state index is 13.7. The van der Waals surface area contributed by atoms with Crippen LogP contribution < -0.4 is 4.90 Å². The molecular weight excluding hydrogens is 585 g/mol. The van der Waals surface area contributed by atoms with E-state index in [-0.39, 0.29) is 35.1 Å². The van der Waals surface area contributed by atoms with Gasteiger partial charge in [0.25, 0.3) is 5.89 Å². The molecule has 1 unspecified atom stereocenters. The van der Waals surface area contributed by atoms with Gasteiger partial charge in [-0.15, -0.1) is 15.3 Å². The number of hydrogen-bond acceptors (Lipinski definition) is 7. The van der Waals surface area contributed by atoms with Crippen LogP contribution in [0.3, 0.4) is 0 Å². The summed E-state index contributed by atoms with van der Waals surface area (Å²) in [5.74, 6) is -1.49. The van der Waals surface area contributed by atoms with Crippen LogP contribution in [0.25, 0.3) is 11.6 Å². The van der Waals surface area contributed by atoms with Crippen molar-refractivity contribution >= 4 is 11.6 Å². The highest BCUT2D eigenvalue weighted by atomic mass is 19.4. The molecule has 4 aromatic rings. The molecule has 1 fully saturated rings. The zero-order valence-corrected chi connectivity index (χ0v) is 22.5. The molecular formula is C28H23F7N6O2. The van der Waals surface area contributed by atoms with Crippen LogP contribution in [0.2, 0.25) is 0 Å². The zero-order chi connectivity index (χ0) is 30.9. The standard InChI is InChI=1S/C28H23F7N6O2/c1-40-11-10-17(14-40)22-8-9-23(37-36-22)26-39-38-24(43-26)15-41(20-6-4-19(29)5-7-20)25(42)12-16-2-3-18(27(30,31)32)13-21(16)28(33,34)35/h2-9,13,17H,10-12,14-15H2,1H3. The van der Waals surface area contributed by atoms with E-state index in [2.05, 4.69) is 25.3 Å². The zero-order valence-electron chi connectivity index (χ0n) is 22.5. The molecule has 15 heteroatoms. The van der Waals surface area contributed by atoms with E-state index in [1.54, 1.807) is 12.1 Å². The summed E-state index contributed by atoms with van der Waals surface area (Å²) in [5.41, 5.74) is -2.63. The van der Waals surface area contributed by atoms with Gasteiger partial charge in [-0.1, -0.05) is 6.07 Å². The highest BCUT2D eigenvalue weighted by molar-refractivity contribution is 5.94. The fraction of sp³-hybridized carbons (Fsp3) is 0.321. The molecule has 1 amide bonds. The number of carbonyl (C=O) groups excluding carboxylic acids is 1. The molecule has 3 heterocycles. The lowest BCUT2D eigenvalue weighted by molar-refractivity contribution is -0.143. The lowest BCUT2D eigenvalue weighted by Crippen LogP contribution is -2.32. The first kappa shape index (κ1) is 30.1. The third kappa shape index (κ3) is 6.98. The van der Waals surface area contributed by atoms with Crippen LogP contribution in [0.1, 0.15) is 40.6 Å². The molecule has 226 valence electrons. The van der Waals surface area contributed by atoms with E-state index in [0.29, 0.717) is 12.1 Å². The number of aromatic nitrogens is 4. The van der Waals surface area contributed by atoms with Gasteiger partial charge in [-0.3, -0.25) is 4.79 Å². The Morgan fingerprint density at radius 1 is 0.953 bits per heavy atom. The molecule has 0 bridgehead atoms. The van der Waals surface area contributed by atoms with Crippen LogP contribution in [0.5, 0.6) is 0 Å². The van der Waals surface area contributed by atoms with Gasteiger partial charge in [0.15, 0.2) is 0 Å². The molecule has 0 N–H and O–H groups in total. The number of alkyl halides is 6. The number of rotatable bonds is 7. The molecule has 1 aliphatic heterocycles. The normalized spacial score (nSPS) is 16.0. The number of amides is 1. The third-order valence-electron chi connectivity index (χ3n) is 7.00. The van der Waals surface area contributed by atoms with Crippen molar-refractivity contribution in [3.05, 3.63) is 88.7 Å². The van der Waals surface area contributed by atoms with Crippen molar-refractivity contribution in [3.63, 3.8) is 0 Å². The summed E-state index contributed by atoms with van der Waals surface area (Å²) in [4.78, 5) is 16.5. The van der Waals surface area contributed by atoms with E-state index < -0.39 is 53.7 Å². The number of hydrogen-bond donors (Lipinski definition) is 0. The Labute approximate surface area is 240 Å². The molecule has 0 spiro atoms. The summed E-state index contributed by atoms with van der Waals surface area (Å²) in [6, 6.07) is 9.01. The predicted octanol–water partition coefficient (Wildman–Crippen LogP) is 5.90. The van der Waals surface area contributed by atoms with Crippen LogP contribution in [-0.2, 0) is 30.1 Å². The van der Waals surface area contributed by atoms with Crippen molar-refractivity contribution in [2.45, 2.75) is 37.7 Å². The van der Waals surface area contributed by atoms with E-state index in [4.69, 9.17) is 4.42 Å². The van der Waals surface area contributed by atoms with Crippen molar-refractivity contribution in [2.24, 2.45) is 0 Å². The number of likely N-dealkylation sites (tertiary alicyclic amines) is 1. The van der Waals surface area contributed by atoms with Gasteiger partial charge in [-0.25, -0.2) is 4.39 Å². The Morgan fingerprint density at radius 3 is 2.30 bits per heavy atom. The maximum Gasteiger partial charge on any atom is 0.416 e. The molecule has 0 radical (unpaired) electrons. The molecule has 0 aliphatic carbocycles. The Hall–Kier alpha value is -4.40. The first-order valence-corrected chi connectivity index (χ1v) is 13.0. The average Bonchev–Trinajstić information content (AvgIpc) is 3.60. The van der Waals surface area contributed by atoms with Gasteiger partial charge in [0.1, 0.15) is 18.1 Å². The SMILES string of the molecule is CN1CCC(c2ccc(-c3nnc(CN(C(=O)Cc4ccc(C(F)(F)F)cc4C(F)(F)F)c4ccc(F)cc4)o3)nn2)C1. The van der Waals surface area contributed by atoms with Crippen LogP contribution in [0.15, 0.2) is 59.0 Å². The molecule has 8 nitrogen and oxygen atoms in total. The minimum Gasteiger partial charge on any atom is -0.417 e. The Balaban J connectivity index is 1.39. The molecule has 43 heavy (non-hydrogen) atoms. The van der Waals surface area contributed by atoms with E-state index in [1.807, 2.05) is 7.05 Å². The number of anilines is 1. The van der Waals surface area contributed by atoms with Gasteiger partial charge in [0.2, 0.25) is 11.8 Å². The summed E-state index contributed by atoms with van der Waals surface area (Å²) in [7, 11) is 2.01. The van der Waals surface area contributed by atoms with Crippen LogP contribution in [0, 0.1) is 5.82 Å². The second-order valence-corrected chi connectivity index (χ2v) is 10.1. The number of likely N-dealkylation sites (N-methyl/N-ethyl adjacent to an activating group) is 1. The van der Waals surface area contributed by atoms with Crippen LogP contribution in [-0.4, -0.2) is 51.3 Å². The second-order valence-electron chi connectivity index (χ2n) is 10.1. The number of halogens is 7. The van der Waals surface area contributed by atoms with Crippen molar-refractivity contribution in [1.82, 2.24) is 25.3 Å². The summed E-state index contributed by atoms with van der Waals surface area (Å²) in [6.45, 7) is 1.36. The van der Waals surface area contributed by atoms with Gasteiger partial charge >= 0.3 is 12.4 Å². The summed E-state index contributed by atoms with van der Waals surface area (Å²) in [6.07, 6.45) is -10.2. The molecule has 2 aromatic heterocycles. The summed E-state index contributed by atoms with van der Waals surface area (Å²) < 4.78 is 99.6. The Morgan fingerprint density at radius 2 is 1.70 bits per heavy atom. The highest BCUT2D eigenvalue weighted by Gasteiger charge is 2.38. The fourth-order valence-electron chi connectivity index (χ4n) is 4.78. The second kappa shape index (κ2) is 11.7. The van der Waals surface area contributed by atoms with Gasteiger partial charge in [-0.2, -0.15) is 31.4 Å². The number of benzene rings is 2. The lowest BCUT2D eigenvalue weighted by Gasteiger charge is -2.23. The topological polar surface area (TPSA) is 88.3 Å². The summed E-state index contributed by atoms with van der Waals surface area (Å²) in [5, 5.41) is 16.2. The number of carbonyl (C=O) groups is 1. The van der Waals surface area contributed by atoms with E-state index in [9.17, 15) is 35.5 Å². The average molecular weight is 609 g/mol. The molecule has 0 saturated carbocycles. The fourth-order valence-corrected chi connectivity index (χ4v) is 4.78. The monoisotopic (exact) mass is 608 g/mol. The van der Waals surface area contributed by atoms with Gasteiger partial charge in [-0.05, 0) is 74.1 Å². The van der Waals surface area contributed by atoms with Gasteiger partial charge < -0.3 is 14.2 Å². The van der Waals surface area contributed by atoms with E-state index in [0.717, 1.165) is 42.2 Å². The smallest absolute Gasteiger partial charge is 0.416 e. The van der Waals surface area contributed by atoms with E-state index >= 15 is 0 Å². The molecule has 1 atom stereocenters. The number of nitrogens with zero attached hydrogens (tertiary/aromatic N) is 6. The molecule has 1 saturated heterocycles. The Bertz CT molecular complexity index is 1590. The molecule has 5 rings (SSSR count). The first-order chi connectivity index (χ1) is 20.3. The van der Waals surface area contributed by atoms with Crippen molar-refractivity contribution in [3.8, 4) is 11.6 Å². The lowest BCUT2D eigenvalue weighted by atomic mass is 10.00. The third-order valence-corrected chi connectivity index (χ3v) is 7.00.